The van der Waals surface area contributed by atoms with E-state index >= 15 is 0 Å². The fraction of sp³-hybridized carbons (Fsp3) is 0. The van der Waals surface area contributed by atoms with Crippen LogP contribution in [0, 0.1) is 0 Å². The second kappa shape index (κ2) is 14.3. The monoisotopic (exact) mass is 777 g/mol. The van der Waals surface area contributed by atoms with Gasteiger partial charge < -0.3 is 14.0 Å². The van der Waals surface area contributed by atoms with Crippen LogP contribution in [0.2, 0.25) is 0 Å². The lowest BCUT2D eigenvalue weighted by Gasteiger charge is -2.27. The molecule has 12 aromatic rings. The fourth-order valence-electron chi connectivity index (χ4n) is 9.60. The van der Waals surface area contributed by atoms with Gasteiger partial charge in [-0.25, -0.2) is 0 Å². The first-order chi connectivity index (χ1) is 30.3. The first kappa shape index (κ1) is 34.9. The van der Waals surface area contributed by atoms with Crippen molar-refractivity contribution in [2.75, 3.05) is 4.90 Å². The number of hydrogen-bond donors (Lipinski definition) is 0. The van der Waals surface area contributed by atoms with Crippen molar-refractivity contribution in [3.05, 3.63) is 237 Å². The molecule has 10 aromatic carbocycles. The van der Waals surface area contributed by atoms with E-state index in [9.17, 15) is 0 Å². The van der Waals surface area contributed by atoms with Crippen LogP contribution in [0.25, 0.3) is 88.0 Å². The van der Waals surface area contributed by atoms with Crippen LogP contribution in [0.4, 0.5) is 17.1 Å². The van der Waals surface area contributed by atoms with Gasteiger partial charge in [0.25, 0.3) is 0 Å². The summed E-state index contributed by atoms with van der Waals surface area (Å²) < 4.78 is 4.81. The average Bonchev–Trinajstić information content (AvgIpc) is 3.86. The van der Waals surface area contributed by atoms with Gasteiger partial charge in [0.2, 0.25) is 0 Å². The summed E-state index contributed by atoms with van der Waals surface area (Å²) >= 11 is 0. The van der Waals surface area contributed by atoms with Crippen LogP contribution in [0.1, 0.15) is 0 Å². The van der Waals surface area contributed by atoms with E-state index in [1.165, 1.54) is 71.1 Å². The van der Waals surface area contributed by atoms with Crippen LogP contribution < -0.4 is 4.90 Å². The molecule has 0 aliphatic heterocycles. The molecule has 2 aromatic heterocycles. The van der Waals surface area contributed by atoms with Gasteiger partial charge in [-0.05, 0) is 100 Å². The lowest BCUT2D eigenvalue weighted by Crippen LogP contribution is -2.10. The molecule has 0 bridgehead atoms. The van der Waals surface area contributed by atoms with Crippen LogP contribution in [0.3, 0.4) is 0 Å². The summed E-state index contributed by atoms with van der Waals surface area (Å²) in [5, 5.41) is 7.47. The number of benzene rings is 10. The van der Waals surface area contributed by atoms with Gasteiger partial charge in [-0.15, -0.1) is 0 Å². The first-order valence-electron chi connectivity index (χ1n) is 20.9. The van der Waals surface area contributed by atoms with Gasteiger partial charge in [0.15, 0.2) is 0 Å². The lowest BCUT2D eigenvalue weighted by molar-refractivity contribution is 1.17. The third kappa shape index (κ3) is 5.74. The normalized spacial score (nSPS) is 11.6. The highest BCUT2D eigenvalue weighted by Crippen LogP contribution is 2.42. The molecule has 61 heavy (non-hydrogen) atoms. The standard InChI is InChI=1S/C58H39N3/c1-2-19-43(20-3-1)61-57-33-11-8-27-53(57)54-30-15-29-50(58(54)61)41-34-36-44(37-35-41)59(45-21-12-18-42(38-45)49-28-13-17-40-16-4-5-24-48(40)49)46-22-14-23-47(39-46)60-55-31-9-6-25-51(55)52-26-7-10-32-56(52)60/h1-39H. The van der Waals surface area contributed by atoms with Crippen molar-refractivity contribution >= 4 is 71.4 Å². The number of rotatable bonds is 7. The first-order valence-corrected chi connectivity index (χ1v) is 20.9. The van der Waals surface area contributed by atoms with E-state index in [1.807, 2.05) is 0 Å². The molecule has 0 aliphatic carbocycles. The Bertz CT molecular complexity index is 3530. The fourth-order valence-corrected chi connectivity index (χ4v) is 9.60. The maximum Gasteiger partial charge on any atom is 0.0619 e. The number of hydrogen-bond acceptors (Lipinski definition) is 1. The average molecular weight is 778 g/mol. The molecule has 0 amide bonds. The van der Waals surface area contributed by atoms with Gasteiger partial charge in [0, 0.05) is 55.5 Å². The van der Waals surface area contributed by atoms with Crippen LogP contribution in [0.15, 0.2) is 237 Å². The molecule has 0 fully saturated rings. The van der Waals surface area contributed by atoms with E-state index in [0.717, 1.165) is 34.0 Å². The van der Waals surface area contributed by atoms with Gasteiger partial charge >= 0.3 is 0 Å². The van der Waals surface area contributed by atoms with Gasteiger partial charge in [0.1, 0.15) is 0 Å². The predicted octanol–water partition coefficient (Wildman–Crippen LogP) is 15.8. The molecule has 0 saturated carbocycles. The maximum absolute atomic E-state index is 2.42. The number of nitrogens with zero attached hydrogens (tertiary/aromatic N) is 3. The minimum atomic E-state index is 1.08. The quantitative estimate of drug-likeness (QED) is 0.157. The van der Waals surface area contributed by atoms with Crippen LogP contribution >= 0.6 is 0 Å². The summed E-state index contributed by atoms with van der Waals surface area (Å²) in [6.45, 7) is 0. The number of fused-ring (bicyclic) bond motifs is 7. The number of aromatic nitrogens is 2. The van der Waals surface area contributed by atoms with E-state index in [0.29, 0.717) is 0 Å². The Labute approximate surface area is 354 Å². The zero-order valence-electron chi connectivity index (χ0n) is 33.4. The van der Waals surface area contributed by atoms with Crippen LogP contribution in [0.5, 0.6) is 0 Å². The van der Waals surface area contributed by atoms with Crippen LogP contribution in [-0.2, 0) is 0 Å². The van der Waals surface area contributed by atoms with E-state index < -0.39 is 0 Å². The Balaban J connectivity index is 1.04. The van der Waals surface area contributed by atoms with Crippen molar-refractivity contribution in [3.63, 3.8) is 0 Å². The Morgan fingerprint density at radius 1 is 0.279 bits per heavy atom. The third-order valence-corrected chi connectivity index (χ3v) is 12.3. The highest BCUT2D eigenvalue weighted by Gasteiger charge is 2.20. The molecule has 0 spiro atoms. The summed E-state index contributed by atoms with van der Waals surface area (Å²) in [4.78, 5) is 2.40. The maximum atomic E-state index is 2.42. The number of anilines is 3. The Kier molecular flexibility index (Phi) is 8.17. The molecule has 0 N–H and O–H groups in total. The summed E-state index contributed by atoms with van der Waals surface area (Å²) in [5.41, 5.74) is 15.1. The van der Waals surface area contributed by atoms with Crippen molar-refractivity contribution in [1.29, 1.82) is 0 Å². The van der Waals surface area contributed by atoms with E-state index in [4.69, 9.17) is 0 Å². The SMILES string of the molecule is c1ccc(-n2c3ccccc3c3cccc(-c4ccc(N(c5cccc(-c6cccc7ccccc67)c5)c5cccc(-n6c7ccccc7c7ccccc76)c5)cc4)c32)cc1. The lowest BCUT2D eigenvalue weighted by atomic mass is 9.97. The Morgan fingerprint density at radius 2 is 0.787 bits per heavy atom. The molecule has 0 aliphatic rings. The Morgan fingerprint density at radius 3 is 1.52 bits per heavy atom. The predicted molar refractivity (Wildman–Crippen MR) is 258 cm³/mol. The number of para-hydroxylation sites is 5. The molecular weight excluding hydrogens is 739 g/mol. The van der Waals surface area contributed by atoms with Crippen molar-refractivity contribution in [3.8, 4) is 33.6 Å². The molecule has 2 heterocycles. The van der Waals surface area contributed by atoms with E-state index in [1.54, 1.807) is 0 Å². The molecule has 3 heteroatoms. The van der Waals surface area contributed by atoms with E-state index in [-0.39, 0.29) is 0 Å². The topological polar surface area (TPSA) is 13.1 Å². The highest BCUT2D eigenvalue weighted by molar-refractivity contribution is 6.14. The summed E-state index contributed by atoms with van der Waals surface area (Å²) in [7, 11) is 0. The Hall–Kier alpha value is -8.14. The second-order valence-corrected chi connectivity index (χ2v) is 15.7. The highest BCUT2D eigenvalue weighted by atomic mass is 15.1. The smallest absolute Gasteiger partial charge is 0.0619 e. The molecule has 0 radical (unpaired) electrons. The zero-order chi connectivity index (χ0) is 40.3. The molecular formula is C58H39N3. The van der Waals surface area contributed by atoms with E-state index in [2.05, 4.69) is 251 Å². The van der Waals surface area contributed by atoms with Crippen molar-refractivity contribution in [2.45, 2.75) is 0 Å². The molecule has 3 nitrogen and oxygen atoms in total. The summed E-state index contributed by atoms with van der Waals surface area (Å²) in [6.07, 6.45) is 0. The summed E-state index contributed by atoms with van der Waals surface area (Å²) in [5.74, 6) is 0. The minimum Gasteiger partial charge on any atom is -0.310 e. The van der Waals surface area contributed by atoms with Crippen molar-refractivity contribution in [2.24, 2.45) is 0 Å². The molecule has 0 saturated heterocycles. The van der Waals surface area contributed by atoms with Crippen molar-refractivity contribution in [1.82, 2.24) is 9.13 Å². The van der Waals surface area contributed by atoms with Gasteiger partial charge in [0.05, 0.1) is 22.1 Å². The molecule has 0 unspecified atom stereocenters. The van der Waals surface area contributed by atoms with Gasteiger partial charge in [-0.1, -0.05) is 164 Å². The largest absolute Gasteiger partial charge is 0.310 e. The third-order valence-electron chi connectivity index (χ3n) is 12.3. The van der Waals surface area contributed by atoms with Crippen LogP contribution in [-0.4, -0.2) is 9.13 Å². The van der Waals surface area contributed by atoms with Crippen molar-refractivity contribution < 1.29 is 0 Å². The molecule has 12 rings (SSSR count). The zero-order valence-corrected chi connectivity index (χ0v) is 33.4. The van der Waals surface area contributed by atoms with Gasteiger partial charge in [-0.2, -0.15) is 0 Å². The molecule has 0 atom stereocenters. The molecule has 286 valence electrons. The summed E-state index contributed by atoms with van der Waals surface area (Å²) in [6, 6.07) is 85.9. The minimum absolute atomic E-state index is 1.08. The second-order valence-electron chi connectivity index (χ2n) is 15.7. The van der Waals surface area contributed by atoms with Gasteiger partial charge in [-0.3, -0.25) is 0 Å².